The zero-order valence-corrected chi connectivity index (χ0v) is 10.2. The minimum Gasteiger partial charge on any atom is -0.480 e. The molecule has 0 aliphatic rings. The molecule has 0 saturated heterocycles. The van der Waals surface area contributed by atoms with Gasteiger partial charge in [-0.3, -0.25) is 9.59 Å². The van der Waals surface area contributed by atoms with Crippen LogP contribution in [0.4, 0.5) is 0 Å². The number of carbonyl (C=O) groups is 3. The maximum Gasteiger partial charge on any atom is 0.326 e. The van der Waals surface area contributed by atoms with Gasteiger partial charge in [0.15, 0.2) is 0 Å². The maximum absolute atomic E-state index is 10.5. The first-order valence-electron chi connectivity index (χ1n) is 3.71. The van der Waals surface area contributed by atoms with Crippen molar-refractivity contribution < 1.29 is 19.5 Å². The molecule has 0 aromatic rings. The van der Waals surface area contributed by atoms with Crippen molar-refractivity contribution >= 4 is 47.3 Å². The molecule has 0 spiro atoms. The van der Waals surface area contributed by atoms with E-state index in [0.29, 0.717) is 0 Å². The number of nitrogens with one attached hydrogen (secondary N) is 1. The first-order valence-corrected chi connectivity index (χ1v) is 3.71. The molecule has 0 heterocycles. The Kier molecular flexibility index (Phi) is 8.82. The molecule has 0 aromatic heterocycles. The molecular formula is C7H12N2NaO4. The van der Waals surface area contributed by atoms with Crippen molar-refractivity contribution in [3.05, 3.63) is 0 Å². The zero-order chi connectivity index (χ0) is 10.4. The van der Waals surface area contributed by atoms with Crippen LogP contribution in [0.2, 0.25) is 0 Å². The van der Waals surface area contributed by atoms with Crippen LogP contribution >= 0.6 is 0 Å². The van der Waals surface area contributed by atoms with Crippen molar-refractivity contribution in [3.63, 3.8) is 0 Å². The molecular weight excluding hydrogens is 199 g/mol. The number of amides is 2. The fraction of sp³-hybridized carbons (Fsp3) is 0.571. The van der Waals surface area contributed by atoms with Crippen molar-refractivity contribution in [2.45, 2.75) is 25.8 Å². The number of carboxylic acid groups (broad SMARTS) is 1. The first-order chi connectivity index (χ1) is 5.93. The van der Waals surface area contributed by atoms with Crippen molar-refractivity contribution in [2.75, 3.05) is 0 Å². The van der Waals surface area contributed by atoms with E-state index in [2.05, 4.69) is 5.32 Å². The summed E-state index contributed by atoms with van der Waals surface area (Å²) in [5.41, 5.74) is 4.83. The maximum atomic E-state index is 10.5. The summed E-state index contributed by atoms with van der Waals surface area (Å²) in [5.74, 6) is -2.20. The molecule has 0 fully saturated rings. The molecule has 1 radical (unpaired) electrons. The summed E-state index contributed by atoms with van der Waals surface area (Å²) in [5, 5.41) is 10.8. The number of carbonyl (C=O) groups excluding carboxylic acids is 2. The van der Waals surface area contributed by atoms with E-state index in [4.69, 9.17) is 10.8 Å². The van der Waals surface area contributed by atoms with Crippen LogP contribution in [-0.2, 0) is 14.4 Å². The zero-order valence-electron chi connectivity index (χ0n) is 8.24. The van der Waals surface area contributed by atoms with Gasteiger partial charge in [-0.1, -0.05) is 0 Å². The predicted molar refractivity (Wildman–Crippen MR) is 49.4 cm³/mol. The summed E-state index contributed by atoms with van der Waals surface area (Å²) in [6.45, 7) is 1.21. The second-order valence-corrected chi connectivity index (χ2v) is 2.60. The van der Waals surface area contributed by atoms with Gasteiger partial charge >= 0.3 is 5.97 Å². The van der Waals surface area contributed by atoms with E-state index >= 15 is 0 Å². The SMILES string of the molecule is CC(=O)N[C@@H](CCC(N)=O)C(=O)O.[Na]. The van der Waals surface area contributed by atoms with Gasteiger partial charge in [-0.05, 0) is 6.42 Å². The van der Waals surface area contributed by atoms with Crippen LogP contribution in [0.5, 0.6) is 0 Å². The number of primary amides is 1. The summed E-state index contributed by atoms with van der Waals surface area (Å²) >= 11 is 0. The Morgan fingerprint density at radius 2 is 1.93 bits per heavy atom. The number of carboxylic acids is 1. The van der Waals surface area contributed by atoms with E-state index in [0.717, 1.165) is 0 Å². The van der Waals surface area contributed by atoms with Crippen molar-refractivity contribution in [1.82, 2.24) is 5.32 Å². The van der Waals surface area contributed by atoms with Gasteiger partial charge < -0.3 is 16.2 Å². The Morgan fingerprint density at radius 3 is 2.21 bits per heavy atom. The van der Waals surface area contributed by atoms with Gasteiger partial charge in [-0.15, -0.1) is 0 Å². The van der Waals surface area contributed by atoms with E-state index in [1.807, 2.05) is 0 Å². The molecule has 7 heteroatoms. The van der Waals surface area contributed by atoms with Gasteiger partial charge in [-0.2, -0.15) is 0 Å². The Bertz CT molecular complexity index is 232. The van der Waals surface area contributed by atoms with Gasteiger partial charge in [0.1, 0.15) is 6.04 Å². The molecule has 0 bridgehead atoms. The molecule has 2 amide bonds. The summed E-state index contributed by atoms with van der Waals surface area (Å²) in [4.78, 5) is 31.3. The third-order valence-electron chi connectivity index (χ3n) is 1.36. The van der Waals surface area contributed by atoms with Crippen LogP contribution < -0.4 is 11.1 Å². The Morgan fingerprint density at radius 1 is 1.43 bits per heavy atom. The van der Waals surface area contributed by atoms with E-state index < -0.39 is 23.8 Å². The molecule has 1 atom stereocenters. The molecule has 0 aliphatic heterocycles. The van der Waals surface area contributed by atoms with Gasteiger partial charge in [-0.25, -0.2) is 4.79 Å². The Balaban J connectivity index is 0. The number of aliphatic carboxylic acids is 1. The number of rotatable bonds is 5. The van der Waals surface area contributed by atoms with E-state index in [9.17, 15) is 14.4 Å². The van der Waals surface area contributed by atoms with Crippen LogP contribution in [0.3, 0.4) is 0 Å². The molecule has 14 heavy (non-hydrogen) atoms. The topological polar surface area (TPSA) is 109 Å². The summed E-state index contributed by atoms with van der Waals surface area (Å²) in [6, 6.07) is -1.04. The molecule has 6 nitrogen and oxygen atoms in total. The fourth-order valence-corrected chi connectivity index (χ4v) is 0.789. The first kappa shape index (κ1) is 15.9. The third kappa shape index (κ3) is 8.03. The van der Waals surface area contributed by atoms with Gasteiger partial charge in [0.2, 0.25) is 11.8 Å². The standard InChI is InChI=1S/C7H12N2O4.Na/c1-4(10)9-5(7(12)13)2-3-6(8)11;/h5H,2-3H2,1H3,(H2,8,11)(H,9,10)(H,12,13);/t5-;/m0./s1. The minimum absolute atomic E-state index is 0. The minimum atomic E-state index is -1.17. The van der Waals surface area contributed by atoms with Crippen LogP contribution in [0.25, 0.3) is 0 Å². The molecule has 0 aromatic carbocycles. The second kappa shape index (κ2) is 7.78. The fourth-order valence-electron chi connectivity index (χ4n) is 0.789. The molecule has 0 rings (SSSR count). The van der Waals surface area contributed by atoms with E-state index in [1.54, 1.807) is 0 Å². The van der Waals surface area contributed by atoms with Crippen LogP contribution in [0.15, 0.2) is 0 Å². The molecule has 4 N–H and O–H groups in total. The Hall–Kier alpha value is -0.590. The van der Waals surface area contributed by atoms with Crippen LogP contribution in [0.1, 0.15) is 19.8 Å². The van der Waals surface area contributed by atoms with E-state index in [1.165, 1.54) is 6.92 Å². The van der Waals surface area contributed by atoms with E-state index in [-0.39, 0.29) is 42.4 Å². The molecule has 0 saturated carbocycles. The van der Waals surface area contributed by atoms with Crippen molar-refractivity contribution in [2.24, 2.45) is 5.73 Å². The second-order valence-electron chi connectivity index (χ2n) is 2.60. The van der Waals surface area contributed by atoms with Gasteiger partial charge in [0.25, 0.3) is 0 Å². The average molecular weight is 211 g/mol. The smallest absolute Gasteiger partial charge is 0.326 e. The Labute approximate surface area is 104 Å². The van der Waals surface area contributed by atoms with Crippen LogP contribution in [0, 0.1) is 0 Å². The summed E-state index contributed by atoms with van der Waals surface area (Å²) < 4.78 is 0. The largest absolute Gasteiger partial charge is 0.480 e. The third-order valence-corrected chi connectivity index (χ3v) is 1.36. The van der Waals surface area contributed by atoms with Gasteiger partial charge in [0.05, 0.1) is 0 Å². The monoisotopic (exact) mass is 211 g/mol. The predicted octanol–water partition coefficient (Wildman–Crippen LogP) is -1.54. The summed E-state index contributed by atoms with van der Waals surface area (Å²) in [6.07, 6.45) is -0.0402. The normalized spacial score (nSPS) is 10.9. The molecule has 75 valence electrons. The van der Waals surface area contributed by atoms with Crippen molar-refractivity contribution in [3.8, 4) is 0 Å². The number of hydrogen-bond acceptors (Lipinski definition) is 3. The molecule has 0 aliphatic carbocycles. The van der Waals surface area contributed by atoms with Crippen molar-refractivity contribution in [1.29, 1.82) is 0 Å². The van der Waals surface area contributed by atoms with Gasteiger partial charge in [0, 0.05) is 42.9 Å². The average Bonchev–Trinajstić information content (AvgIpc) is 1.96. The number of hydrogen-bond donors (Lipinski definition) is 3. The summed E-state index contributed by atoms with van der Waals surface area (Å²) in [7, 11) is 0. The van der Waals surface area contributed by atoms with Crippen LogP contribution in [-0.4, -0.2) is 58.5 Å². The molecule has 0 unspecified atom stereocenters. The quantitative estimate of drug-likeness (QED) is 0.479. The number of nitrogens with two attached hydrogens (primary N) is 1.